The average molecular weight is 392 g/mol. The van der Waals surface area contributed by atoms with E-state index in [2.05, 4.69) is 5.32 Å². The van der Waals surface area contributed by atoms with Gasteiger partial charge in [-0.15, -0.1) is 0 Å². The van der Waals surface area contributed by atoms with Crippen LogP contribution in [0.15, 0.2) is 0 Å². The fourth-order valence-corrected chi connectivity index (χ4v) is 4.61. The van der Waals surface area contributed by atoms with Crippen LogP contribution in [0.4, 0.5) is 0 Å². The minimum Gasteiger partial charge on any atom is -0.461 e. The van der Waals surface area contributed by atoms with Gasteiger partial charge in [-0.05, 0) is 6.92 Å². The molecule has 0 saturated carbocycles. The molecule has 2 amide bonds. The van der Waals surface area contributed by atoms with Crippen LogP contribution in [0.1, 0.15) is 6.92 Å². The van der Waals surface area contributed by atoms with E-state index >= 15 is 0 Å². The summed E-state index contributed by atoms with van der Waals surface area (Å²) >= 11 is 16.6. The monoisotopic (exact) mass is 390 g/mol. The summed E-state index contributed by atoms with van der Waals surface area (Å²) in [6.07, 6.45) is 0.389. The van der Waals surface area contributed by atoms with E-state index in [0.29, 0.717) is 6.41 Å². The maximum Gasteiger partial charge on any atom is 0.314 e. The van der Waals surface area contributed by atoms with Gasteiger partial charge in [-0.1, -0.05) is 34.8 Å². The third-order valence-electron chi connectivity index (χ3n) is 3.50. The van der Waals surface area contributed by atoms with Gasteiger partial charge in [0, 0.05) is 23.1 Å². The number of nitrogens with zero attached hydrogens (tertiary/aromatic N) is 1. The third kappa shape index (κ3) is 3.34. The topological polar surface area (TPSA) is 92.8 Å². The molecule has 11 heteroatoms. The highest BCUT2D eigenvalue weighted by Crippen LogP contribution is 2.37. The Balaban J connectivity index is 2.06. The van der Waals surface area contributed by atoms with E-state index in [0.717, 1.165) is 0 Å². The Hall–Kier alpha value is -0.570. The molecule has 4 atom stereocenters. The summed E-state index contributed by atoms with van der Waals surface area (Å²) in [4.78, 5) is 35.8. The number of nitrogens with one attached hydrogen (secondary N) is 1. The second-order valence-electron chi connectivity index (χ2n) is 5.40. The summed E-state index contributed by atoms with van der Waals surface area (Å²) < 4.78 is 15.5. The number of carbonyl (C=O) groups is 3. The normalized spacial score (nSPS) is 34.5. The molecule has 2 aliphatic heterocycles. The van der Waals surface area contributed by atoms with Gasteiger partial charge in [-0.2, -0.15) is 0 Å². The number of halogens is 3. The molecule has 0 aliphatic carbocycles. The van der Waals surface area contributed by atoms with Crippen LogP contribution >= 0.6 is 34.8 Å². The first kappa shape index (κ1) is 17.8. The van der Waals surface area contributed by atoms with Crippen molar-refractivity contribution >= 4 is 63.9 Å². The lowest BCUT2D eigenvalue weighted by Gasteiger charge is -2.52. The molecule has 2 heterocycles. The highest BCUT2D eigenvalue weighted by atomic mass is 35.6. The first-order chi connectivity index (χ1) is 10.1. The van der Waals surface area contributed by atoms with Crippen LogP contribution < -0.4 is 5.32 Å². The molecule has 124 valence electrons. The molecule has 2 fully saturated rings. The lowest BCUT2D eigenvalue weighted by Crippen LogP contribution is -2.76. The van der Waals surface area contributed by atoms with Crippen molar-refractivity contribution in [1.82, 2.24) is 10.2 Å². The van der Waals surface area contributed by atoms with Gasteiger partial charge in [0.15, 0.2) is 0 Å². The predicted octanol–water partition coefficient (Wildman–Crippen LogP) is -0.0487. The van der Waals surface area contributed by atoms with Crippen molar-refractivity contribution in [1.29, 1.82) is 0 Å². The largest absolute Gasteiger partial charge is 0.461 e. The molecule has 0 bridgehead atoms. The fraction of sp³-hybridized carbons (Fsp3) is 0.727. The van der Waals surface area contributed by atoms with E-state index in [1.54, 1.807) is 0 Å². The van der Waals surface area contributed by atoms with Gasteiger partial charge in [-0.3, -0.25) is 18.6 Å². The van der Waals surface area contributed by atoms with Crippen molar-refractivity contribution in [2.24, 2.45) is 5.41 Å². The molecular weight excluding hydrogens is 379 g/mol. The Morgan fingerprint density at radius 3 is 2.77 bits per heavy atom. The molecule has 2 saturated heterocycles. The van der Waals surface area contributed by atoms with Crippen molar-refractivity contribution in [3.8, 4) is 0 Å². The van der Waals surface area contributed by atoms with Gasteiger partial charge < -0.3 is 15.0 Å². The lowest BCUT2D eigenvalue weighted by molar-refractivity contribution is -0.161. The summed E-state index contributed by atoms with van der Waals surface area (Å²) in [6.45, 7) is 1.14. The van der Waals surface area contributed by atoms with Crippen LogP contribution in [0, 0.1) is 5.41 Å². The van der Waals surface area contributed by atoms with Gasteiger partial charge in [0.25, 0.3) is 0 Å². The number of carbonyl (C=O) groups excluding carboxylic acids is 3. The van der Waals surface area contributed by atoms with Gasteiger partial charge in [0.1, 0.15) is 18.0 Å². The fourth-order valence-electron chi connectivity index (χ4n) is 2.48. The van der Waals surface area contributed by atoms with Crippen LogP contribution in [0.5, 0.6) is 0 Å². The minimum atomic E-state index is -1.74. The number of ether oxygens (including phenoxy) is 1. The first-order valence-electron chi connectivity index (χ1n) is 6.20. The van der Waals surface area contributed by atoms with Crippen LogP contribution in [0.2, 0.25) is 0 Å². The van der Waals surface area contributed by atoms with Crippen LogP contribution in [0.25, 0.3) is 0 Å². The number of alkyl halides is 3. The molecule has 1 N–H and O–H groups in total. The zero-order valence-corrected chi connectivity index (χ0v) is 14.5. The predicted molar refractivity (Wildman–Crippen MR) is 80.9 cm³/mol. The molecule has 22 heavy (non-hydrogen) atoms. The Morgan fingerprint density at radius 1 is 1.59 bits per heavy atom. The highest BCUT2D eigenvalue weighted by molar-refractivity contribution is 7.86. The van der Waals surface area contributed by atoms with Crippen molar-refractivity contribution in [2.45, 2.75) is 22.1 Å². The summed E-state index contributed by atoms with van der Waals surface area (Å²) in [7, 11) is -1.51. The summed E-state index contributed by atoms with van der Waals surface area (Å²) in [5, 5.41) is 1.71. The Morgan fingerprint density at radius 2 is 2.23 bits per heavy atom. The Labute approximate surface area is 144 Å². The van der Waals surface area contributed by atoms with Crippen molar-refractivity contribution < 1.29 is 23.3 Å². The summed E-state index contributed by atoms with van der Waals surface area (Å²) in [5.41, 5.74) is -1.15. The first-order valence-corrected chi connectivity index (χ1v) is 8.72. The van der Waals surface area contributed by atoms with Crippen molar-refractivity contribution in [3.05, 3.63) is 0 Å². The molecule has 0 aromatic heterocycles. The summed E-state index contributed by atoms with van der Waals surface area (Å²) in [5.74, 6) is -1.08. The number of hydrogen-bond donors (Lipinski definition) is 1. The molecule has 3 unspecified atom stereocenters. The van der Waals surface area contributed by atoms with E-state index in [1.165, 1.54) is 11.8 Å². The molecule has 2 rings (SSSR count). The third-order valence-corrected chi connectivity index (χ3v) is 5.81. The lowest BCUT2D eigenvalue weighted by atomic mass is 9.89. The van der Waals surface area contributed by atoms with Gasteiger partial charge in [0.2, 0.25) is 16.1 Å². The maximum atomic E-state index is 12.3. The number of β-lactam (4-membered cyclic amide) rings is 1. The SMILES string of the molecule is CC1(C(=O)OCC(Cl)(Cl)Cl)CN2C(=O)C(NC=O)[C@H]2S(=O)C1. The number of esters is 1. The van der Waals surface area contributed by atoms with Gasteiger partial charge in [-0.25, -0.2) is 0 Å². The number of amides is 2. The minimum absolute atomic E-state index is 0.00280. The van der Waals surface area contributed by atoms with Crippen LogP contribution in [-0.4, -0.2) is 61.5 Å². The van der Waals surface area contributed by atoms with Crippen molar-refractivity contribution in [2.75, 3.05) is 18.9 Å². The number of fused-ring (bicyclic) bond motifs is 1. The highest BCUT2D eigenvalue weighted by Gasteiger charge is 2.59. The Bertz CT molecular complexity index is 540. The average Bonchev–Trinajstić information content (AvgIpc) is 2.41. The van der Waals surface area contributed by atoms with E-state index in [4.69, 9.17) is 39.5 Å². The van der Waals surface area contributed by atoms with Gasteiger partial charge in [0.05, 0.1) is 5.41 Å². The standard InChI is InChI=1S/C11H13Cl3N2O5S/c1-10(9(19)21-3-11(12,13)14)2-16-7(18)6(15-5-17)8(16)22(20)4-10/h5-6,8H,2-4H2,1H3,(H,15,17)/t6?,8-,10?,22?/m1/s1. The molecule has 7 nitrogen and oxygen atoms in total. The zero-order chi connectivity index (χ0) is 16.7. The molecule has 0 aromatic rings. The van der Waals surface area contributed by atoms with E-state index in [1.807, 2.05) is 0 Å². The van der Waals surface area contributed by atoms with Crippen LogP contribution in [-0.2, 0) is 29.9 Å². The van der Waals surface area contributed by atoms with E-state index in [9.17, 15) is 18.6 Å². The second-order valence-corrected chi connectivity index (χ2v) is 9.45. The van der Waals surface area contributed by atoms with Crippen molar-refractivity contribution in [3.63, 3.8) is 0 Å². The molecule has 0 aromatic carbocycles. The van der Waals surface area contributed by atoms with E-state index in [-0.39, 0.29) is 18.2 Å². The Kier molecular flexibility index (Phi) is 4.97. The zero-order valence-electron chi connectivity index (χ0n) is 11.4. The second kappa shape index (κ2) is 6.14. The van der Waals surface area contributed by atoms with E-state index < -0.39 is 44.0 Å². The molecule has 2 aliphatic rings. The smallest absolute Gasteiger partial charge is 0.314 e. The maximum absolute atomic E-state index is 12.3. The molecular formula is C11H13Cl3N2O5S. The summed E-state index contributed by atoms with van der Waals surface area (Å²) in [6, 6.07) is -0.805. The van der Waals surface area contributed by atoms with Gasteiger partial charge >= 0.3 is 5.97 Å². The molecule has 0 radical (unpaired) electrons. The quantitative estimate of drug-likeness (QED) is 0.314. The molecule has 0 spiro atoms. The number of rotatable bonds is 4. The number of hydrogen-bond acceptors (Lipinski definition) is 5. The van der Waals surface area contributed by atoms with Crippen LogP contribution in [0.3, 0.4) is 0 Å².